The maximum absolute atomic E-state index is 12.0. The monoisotopic (exact) mass is 383 g/mol. The van der Waals surface area contributed by atoms with Crippen molar-refractivity contribution in [3.8, 4) is 0 Å². The van der Waals surface area contributed by atoms with Crippen molar-refractivity contribution in [3.63, 3.8) is 0 Å². The summed E-state index contributed by atoms with van der Waals surface area (Å²) in [6.07, 6.45) is 0. The van der Waals surface area contributed by atoms with Crippen molar-refractivity contribution in [2.45, 2.75) is 4.90 Å². The number of hydrogen-bond donors (Lipinski definition) is 1. The first-order chi connectivity index (χ1) is 9.27. The first-order valence-corrected chi connectivity index (χ1v) is 8.04. The van der Waals surface area contributed by atoms with Crippen molar-refractivity contribution >= 4 is 40.3 Å². The predicted molar refractivity (Wildman–Crippen MR) is 88.7 cm³/mol. The van der Waals surface area contributed by atoms with Crippen LogP contribution in [-0.4, -0.2) is 18.2 Å². The molecule has 0 saturated heterocycles. The standard InChI is InChI=1S/C15H14INOS/c16-14-9-5-4-8-13(14)15(18)17-10-11-19-12-6-2-1-3-7-12/h1-9H,10-11H2,(H,17,18). The molecule has 0 radical (unpaired) electrons. The highest BCUT2D eigenvalue weighted by atomic mass is 127. The lowest BCUT2D eigenvalue weighted by atomic mass is 10.2. The second-order valence-electron chi connectivity index (χ2n) is 3.90. The van der Waals surface area contributed by atoms with Gasteiger partial charge in [0.05, 0.1) is 5.56 Å². The summed E-state index contributed by atoms with van der Waals surface area (Å²) in [5, 5.41) is 2.95. The van der Waals surface area contributed by atoms with Crippen molar-refractivity contribution in [3.05, 3.63) is 63.7 Å². The van der Waals surface area contributed by atoms with Gasteiger partial charge in [-0.3, -0.25) is 4.79 Å². The molecule has 0 saturated carbocycles. The molecule has 0 aliphatic carbocycles. The first kappa shape index (κ1) is 14.4. The lowest BCUT2D eigenvalue weighted by Gasteiger charge is -2.06. The van der Waals surface area contributed by atoms with Crippen LogP contribution in [0.15, 0.2) is 59.5 Å². The van der Waals surface area contributed by atoms with Gasteiger partial charge < -0.3 is 5.32 Å². The minimum Gasteiger partial charge on any atom is -0.351 e. The molecule has 0 unspecified atom stereocenters. The minimum absolute atomic E-state index is 0.00124. The van der Waals surface area contributed by atoms with Crippen LogP contribution in [0, 0.1) is 3.57 Å². The smallest absolute Gasteiger partial charge is 0.252 e. The fourth-order valence-electron chi connectivity index (χ4n) is 1.59. The van der Waals surface area contributed by atoms with Crippen molar-refractivity contribution in [2.24, 2.45) is 0 Å². The van der Waals surface area contributed by atoms with E-state index in [1.807, 2.05) is 42.5 Å². The molecule has 2 aromatic rings. The molecule has 0 aliphatic rings. The molecule has 0 spiro atoms. The van der Waals surface area contributed by atoms with Gasteiger partial charge in [0.15, 0.2) is 0 Å². The number of nitrogens with one attached hydrogen (secondary N) is 1. The fraction of sp³-hybridized carbons (Fsp3) is 0.133. The van der Waals surface area contributed by atoms with Crippen LogP contribution in [0.2, 0.25) is 0 Å². The van der Waals surface area contributed by atoms with E-state index >= 15 is 0 Å². The van der Waals surface area contributed by atoms with Gasteiger partial charge in [0.1, 0.15) is 0 Å². The lowest BCUT2D eigenvalue weighted by Crippen LogP contribution is -2.26. The number of hydrogen-bond acceptors (Lipinski definition) is 2. The highest BCUT2D eigenvalue weighted by Crippen LogP contribution is 2.16. The number of benzene rings is 2. The van der Waals surface area contributed by atoms with Crippen molar-refractivity contribution in [2.75, 3.05) is 12.3 Å². The van der Waals surface area contributed by atoms with Crippen LogP contribution in [0.3, 0.4) is 0 Å². The molecular formula is C15H14INOS. The molecule has 0 fully saturated rings. The summed E-state index contributed by atoms with van der Waals surface area (Å²) >= 11 is 3.93. The van der Waals surface area contributed by atoms with Gasteiger partial charge in [0.25, 0.3) is 5.91 Å². The molecule has 2 aromatic carbocycles. The molecule has 0 heterocycles. The van der Waals surface area contributed by atoms with Gasteiger partial charge in [0, 0.05) is 20.8 Å². The van der Waals surface area contributed by atoms with Gasteiger partial charge in [-0.15, -0.1) is 11.8 Å². The van der Waals surface area contributed by atoms with Crippen LogP contribution in [0.1, 0.15) is 10.4 Å². The van der Waals surface area contributed by atoms with E-state index in [4.69, 9.17) is 0 Å². The first-order valence-electron chi connectivity index (χ1n) is 5.98. The molecule has 98 valence electrons. The number of thioether (sulfide) groups is 1. The third kappa shape index (κ3) is 4.54. The molecule has 0 aromatic heterocycles. The molecule has 0 bridgehead atoms. The maximum Gasteiger partial charge on any atom is 0.252 e. The molecule has 4 heteroatoms. The highest BCUT2D eigenvalue weighted by Gasteiger charge is 2.07. The van der Waals surface area contributed by atoms with Crippen molar-refractivity contribution < 1.29 is 4.79 Å². The topological polar surface area (TPSA) is 29.1 Å². The molecule has 1 N–H and O–H groups in total. The zero-order valence-electron chi connectivity index (χ0n) is 10.3. The van der Waals surface area contributed by atoms with Gasteiger partial charge in [0.2, 0.25) is 0 Å². The van der Waals surface area contributed by atoms with Crippen LogP contribution >= 0.6 is 34.4 Å². The average Bonchev–Trinajstić information content (AvgIpc) is 2.45. The number of carbonyl (C=O) groups is 1. The third-order valence-corrected chi connectivity index (χ3v) is 4.47. The fourth-order valence-corrected chi connectivity index (χ4v) is 3.01. The minimum atomic E-state index is -0.00124. The van der Waals surface area contributed by atoms with Crippen LogP contribution in [0.5, 0.6) is 0 Å². The Bertz CT molecular complexity index is 545. The zero-order valence-corrected chi connectivity index (χ0v) is 13.3. The second-order valence-corrected chi connectivity index (χ2v) is 6.23. The van der Waals surface area contributed by atoms with Gasteiger partial charge in [-0.2, -0.15) is 0 Å². The molecule has 0 atom stereocenters. The van der Waals surface area contributed by atoms with E-state index in [-0.39, 0.29) is 5.91 Å². The normalized spacial score (nSPS) is 10.2. The predicted octanol–water partition coefficient (Wildman–Crippen LogP) is 3.81. The number of rotatable bonds is 5. The van der Waals surface area contributed by atoms with E-state index in [9.17, 15) is 4.79 Å². The van der Waals surface area contributed by atoms with Crippen LogP contribution in [0.25, 0.3) is 0 Å². The maximum atomic E-state index is 12.0. The summed E-state index contributed by atoms with van der Waals surface area (Å²) in [5.41, 5.74) is 0.743. The molecular weight excluding hydrogens is 369 g/mol. The second kappa shape index (κ2) is 7.55. The number of carbonyl (C=O) groups excluding carboxylic acids is 1. The SMILES string of the molecule is O=C(NCCSc1ccccc1)c1ccccc1I. The summed E-state index contributed by atoms with van der Waals surface area (Å²) in [6.45, 7) is 0.670. The molecule has 1 amide bonds. The van der Waals surface area contributed by atoms with Crippen LogP contribution < -0.4 is 5.32 Å². The Morgan fingerprint density at radius 2 is 1.74 bits per heavy atom. The third-order valence-electron chi connectivity index (χ3n) is 2.52. The van der Waals surface area contributed by atoms with Crippen molar-refractivity contribution in [1.82, 2.24) is 5.32 Å². The van der Waals surface area contributed by atoms with E-state index < -0.39 is 0 Å². The summed E-state index contributed by atoms with van der Waals surface area (Å²) < 4.78 is 0.980. The Morgan fingerprint density at radius 3 is 2.47 bits per heavy atom. The van der Waals surface area contributed by atoms with Gasteiger partial charge in [-0.25, -0.2) is 0 Å². The van der Waals surface area contributed by atoms with E-state index in [1.165, 1.54) is 4.90 Å². The zero-order chi connectivity index (χ0) is 13.5. The lowest BCUT2D eigenvalue weighted by molar-refractivity contribution is 0.0955. The molecule has 2 nitrogen and oxygen atoms in total. The van der Waals surface area contributed by atoms with Gasteiger partial charge in [-0.05, 0) is 46.9 Å². The highest BCUT2D eigenvalue weighted by molar-refractivity contribution is 14.1. The molecule has 19 heavy (non-hydrogen) atoms. The van der Waals surface area contributed by atoms with E-state index in [1.54, 1.807) is 11.8 Å². The van der Waals surface area contributed by atoms with E-state index in [0.717, 1.165) is 14.9 Å². The molecule has 0 aliphatic heterocycles. The van der Waals surface area contributed by atoms with E-state index in [0.29, 0.717) is 6.54 Å². The Labute approximate surface area is 131 Å². The van der Waals surface area contributed by atoms with E-state index in [2.05, 4.69) is 40.0 Å². The quantitative estimate of drug-likeness (QED) is 0.483. The summed E-state index contributed by atoms with van der Waals surface area (Å²) in [5.74, 6) is 0.873. The summed E-state index contributed by atoms with van der Waals surface area (Å²) in [7, 11) is 0. The average molecular weight is 383 g/mol. The van der Waals surface area contributed by atoms with Crippen LogP contribution in [0.4, 0.5) is 0 Å². The summed E-state index contributed by atoms with van der Waals surface area (Å²) in [6, 6.07) is 17.8. The summed E-state index contributed by atoms with van der Waals surface area (Å²) in [4.78, 5) is 13.2. The largest absolute Gasteiger partial charge is 0.351 e. The van der Waals surface area contributed by atoms with Gasteiger partial charge in [-0.1, -0.05) is 30.3 Å². The van der Waals surface area contributed by atoms with Crippen molar-refractivity contribution in [1.29, 1.82) is 0 Å². The number of halogens is 1. The molecule has 2 rings (SSSR count). The van der Waals surface area contributed by atoms with Gasteiger partial charge >= 0.3 is 0 Å². The number of amides is 1. The Morgan fingerprint density at radius 1 is 1.05 bits per heavy atom. The Balaban J connectivity index is 1.77. The Kier molecular flexibility index (Phi) is 5.72. The van der Waals surface area contributed by atoms with Crippen LogP contribution in [-0.2, 0) is 0 Å². The Hall–Kier alpha value is -1.01.